The van der Waals surface area contributed by atoms with Crippen LogP contribution in [-0.4, -0.2) is 21.5 Å². The maximum absolute atomic E-state index is 15.0. The molecule has 0 saturated heterocycles. The zero-order chi connectivity index (χ0) is 24.5. The Bertz CT molecular complexity index is 1570. The second kappa shape index (κ2) is 9.69. The molecule has 2 aromatic heterocycles. The number of nitrogens with one attached hydrogen (secondary N) is 2. The van der Waals surface area contributed by atoms with Gasteiger partial charge in [0.15, 0.2) is 11.6 Å². The second-order valence-corrected chi connectivity index (χ2v) is 9.57. The van der Waals surface area contributed by atoms with Gasteiger partial charge in [-0.05, 0) is 66.0 Å². The zero-order valence-electron chi connectivity index (χ0n) is 18.6. The number of anilines is 1. The number of ketones is 1. The quantitative estimate of drug-likeness (QED) is 0.164. The highest BCUT2D eigenvalue weighted by molar-refractivity contribution is 8.00. The average Bonchev–Trinajstić information content (AvgIpc) is 3.25. The van der Waals surface area contributed by atoms with Gasteiger partial charge in [0.1, 0.15) is 11.5 Å². The first-order valence-corrected chi connectivity index (χ1v) is 12.7. The summed E-state index contributed by atoms with van der Waals surface area (Å²) < 4.78 is 32.4. The van der Waals surface area contributed by atoms with Gasteiger partial charge >= 0.3 is 0 Å². The number of aromatic nitrogens is 2. The van der Waals surface area contributed by atoms with E-state index in [2.05, 4.69) is 14.7 Å². The Morgan fingerprint density at radius 2 is 1.83 bits per heavy atom. The topological polar surface area (TPSA) is 83.8 Å². The van der Waals surface area contributed by atoms with Crippen molar-refractivity contribution < 1.29 is 13.6 Å². The number of pyridine rings is 1. The van der Waals surface area contributed by atoms with E-state index < -0.39 is 23.0 Å². The number of benzene rings is 3. The fourth-order valence-corrected chi connectivity index (χ4v) is 4.68. The standard InChI is InChI=1S/C26H20F2N4OS2/c1-2-34-32-22-10-8-20(27)23(24(22)28)25(33)15-5-9-21-18(11-15)19-12-16(13-30-26(19)31-21)14-3-6-17(35-29)7-4-14/h3-13,32H,2,29H2,1H3,(H,30,31). The number of H-pyrrole nitrogens is 1. The highest BCUT2D eigenvalue weighted by Crippen LogP contribution is 2.31. The van der Waals surface area contributed by atoms with E-state index in [9.17, 15) is 9.18 Å². The molecule has 0 spiro atoms. The molecule has 176 valence electrons. The summed E-state index contributed by atoms with van der Waals surface area (Å²) in [6.07, 6.45) is 1.77. The number of nitrogens with zero attached hydrogens (tertiary/aromatic N) is 1. The van der Waals surface area contributed by atoms with Gasteiger partial charge in [-0.25, -0.2) is 13.8 Å². The van der Waals surface area contributed by atoms with E-state index in [1.165, 1.54) is 30.0 Å². The molecule has 4 N–H and O–H groups in total. The van der Waals surface area contributed by atoms with Crippen LogP contribution in [0.5, 0.6) is 0 Å². The van der Waals surface area contributed by atoms with Crippen LogP contribution in [0.15, 0.2) is 71.8 Å². The summed E-state index contributed by atoms with van der Waals surface area (Å²) in [5.74, 6) is -1.84. The van der Waals surface area contributed by atoms with E-state index in [4.69, 9.17) is 5.14 Å². The van der Waals surface area contributed by atoms with E-state index in [-0.39, 0.29) is 11.3 Å². The maximum atomic E-state index is 15.0. The molecule has 0 aliphatic carbocycles. The van der Waals surface area contributed by atoms with Crippen molar-refractivity contribution in [3.63, 3.8) is 0 Å². The van der Waals surface area contributed by atoms with Gasteiger partial charge in [-0.2, -0.15) is 0 Å². The van der Waals surface area contributed by atoms with Crippen LogP contribution in [0, 0.1) is 11.6 Å². The third-order valence-electron chi connectivity index (χ3n) is 5.68. The van der Waals surface area contributed by atoms with Gasteiger partial charge in [-0.1, -0.05) is 31.0 Å². The Morgan fingerprint density at radius 1 is 1.03 bits per heavy atom. The minimum absolute atomic E-state index is 0.0719. The number of rotatable bonds is 7. The van der Waals surface area contributed by atoms with Crippen LogP contribution >= 0.6 is 23.9 Å². The summed E-state index contributed by atoms with van der Waals surface area (Å²) in [6, 6.07) is 17.1. The molecule has 5 rings (SSSR count). The lowest BCUT2D eigenvalue weighted by Gasteiger charge is -2.10. The van der Waals surface area contributed by atoms with E-state index in [1.54, 1.807) is 24.4 Å². The van der Waals surface area contributed by atoms with Crippen LogP contribution < -0.4 is 9.86 Å². The van der Waals surface area contributed by atoms with Crippen LogP contribution in [0.4, 0.5) is 14.5 Å². The van der Waals surface area contributed by atoms with Crippen molar-refractivity contribution in [3.05, 3.63) is 89.6 Å². The van der Waals surface area contributed by atoms with Crippen LogP contribution in [-0.2, 0) is 0 Å². The van der Waals surface area contributed by atoms with E-state index in [1.807, 2.05) is 37.3 Å². The summed E-state index contributed by atoms with van der Waals surface area (Å²) in [6.45, 7) is 1.90. The van der Waals surface area contributed by atoms with Crippen molar-refractivity contribution >= 4 is 57.3 Å². The predicted octanol–water partition coefficient (Wildman–Crippen LogP) is 6.94. The van der Waals surface area contributed by atoms with Gasteiger partial charge in [0.2, 0.25) is 0 Å². The molecular formula is C26H20F2N4OS2. The molecule has 3 aromatic carbocycles. The SMILES string of the molecule is CCSNc1ccc(F)c(C(=O)c2ccc3[nH]c4ncc(-c5ccc(SN)cc5)cc4c3c2)c1F. The van der Waals surface area contributed by atoms with Crippen molar-refractivity contribution in [2.24, 2.45) is 5.14 Å². The Balaban J connectivity index is 1.58. The zero-order valence-corrected chi connectivity index (χ0v) is 20.2. The summed E-state index contributed by atoms with van der Waals surface area (Å²) in [5.41, 5.74) is 2.97. The van der Waals surface area contributed by atoms with Gasteiger partial charge < -0.3 is 9.71 Å². The highest BCUT2D eigenvalue weighted by atomic mass is 32.2. The van der Waals surface area contributed by atoms with Gasteiger partial charge in [0.05, 0.1) is 11.3 Å². The molecule has 0 atom stereocenters. The average molecular weight is 507 g/mol. The highest BCUT2D eigenvalue weighted by Gasteiger charge is 2.23. The smallest absolute Gasteiger partial charge is 0.199 e. The van der Waals surface area contributed by atoms with Crippen molar-refractivity contribution in [1.29, 1.82) is 0 Å². The molecule has 0 unspecified atom stereocenters. The summed E-state index contributed by atoms with van der Waals surface area (Å²) >= 11 is 2.44. The molecule has 0 saturated carbocycles. The van der Waals surface area contributed by atoms with Crippen LogP contribution in [0.25, 0.3) is 33.1 Å². The molecule has 0 bridgehead atoms. The first-order chi connectivity index (χ1) is 17.0. The first kappa shape index (κ1) is 23.3. The lowest BCUT2D eigenvalue weighted by molar-refractivity contribution is 0.103. The molecule has 5 nitrogen and oxygen atoms in total. The molecule has 9 heteroatoms. The number of fused-ring (bicyclic) bond motifs is 3. The fraction of sp³-hybridized carbons (Fsp3) is 0.0769. The van der Waals surface area contributed by atoms with Gasteiger partial charge in [-0.3, -0.25) is 9.93 Å². The van der Waals surface area contributed by atoms with Crippen molar-refractivity contribution in [2.45, 2.75) is 11.8 Å². The number of halogens is 2. The fourth-order valence-electron chi connectivity index (χ4n) is 3.93. The molecule has 2 heterocycles. The maximum Gasteiger partial charge on any atom is 0.199 e. The van der Waals surface area contributed by atoms with Crippen LogP contribution in [0.2, 0.25) is 0 Å². The van der Waals surface area contributed by atoms with E-state index in [0.29, 0.717) is 11.4 Å². The third-order valence-corrected chi connectivity index (χ3v) is 6.88. The van der Waals surface area contributed by atoms with Gasteiger partial charge in [0, 0.05) is 44.3 Å². The molecule has 0 aliphatic heterocycles. The summed E-state index contributed by atoms with van der Waals surface area (Å²) in [4.78, 5) is 21.9. The largest absolute Gasteiger partial charge is 0.339 e. The third kappa shape index (κ3) is 4.38. The molecule has 0 amide bonds. The number of hydrogen-bond acceptors (Lipinski definition) is 6. The molecule has 0 radical (unpaired) electrons. The molecule has 5 aromatic rings. The van der Waals surface area contributed by atoms with Gasteiger partial charge in [-0.15, -0.1) is 0 Å². The number of hydrogen-bond donors (Lipinski definition) is 3. The Kier molecular flexibility index (Phi) is 6.46. The minimum Gasteiger partial charge on any atom is -0.339 e. The van der Waals surface area contributed by atoms with E-state index >= 15 is 4.39 Å². The Morgan fingerprint density at radius 3 is 2.57 bits per heavy atom. The molecular weight excluding hydrogens is 486 g/mol. The van der Waals surface area contributed by atoms with Crippen LogP contribution in [0.3, 0.4) is 0 Å². The predicted molar refractivity (Wildman–Crippen MR) is 141 cm³/mol. The molecule has 35 heavy (non-hydrogen) atoms. The summed E-state index contributed by atoms with van der Waals surface area (Å²) in [7, 11) is 0. The lowest BCUT2D eigenvalue weighted by Crippen LogP contribution is -2.09. The number of carbonyl (C=O) groups is 1. The second-order valence-electron chi connectivity index (χ2n) is 7.80. The number of nitrogens with two attached hydrogens (primary N) is 1. The monoisotopic (exact) mass is 506 g/mol. The van der Waals surface area contributed by atoms with Crippen molar-refractivity contribution in [2.75, 3.05) is 10.5 Å². The first-order valence-electron chi connectivity index (χ1n) is 10.8. The minimum atomic E-state index is -0.905. The lowest BCUT2D eigenvalue weighted by atomic mass is 9.99. The number of carbonyl (C=O) groups excluding carboxylic acids is 1. The normalized spacial score (nSPS) is 11.3. The molecule has 0 fully saturated rings. The summed E-state index contributed by atoms with van der Waals surface area (Å²) in [5, 5.41) is 7.16. The molecule has 0 aliphatic rings. The van der Waals surface area contributed by atoms with Gasteiger partial charge in [0.25, 0.3) is 0 Å². The van der Waals surface area contributed by atoms with E-state index in [0.717, 1.165) is 38.4 Å². The van der Waals surface area contributed by atoms with Crippen molar-refractivity contribution in [1.82, 2.24) is 9.97 Å². The van der Waals surface area contributed by atoms with Crippen molar-refractivity contribution in [3.8, 4) is 11.1 Å². The number of aromatic amines is 1. The van der Waals surface area contributed by atoms with Crippen LogP contribution in [0.1, 0.15) is 22.8 Å². The Labute approximate surface area is 208 Å². The Hall–Kier alpha value is -3.40.